The van der Waals surface area contributed by atoms with Gasteiger partial charge in [0.25, 0.3) is 0 Å². The van der Waals surface area contributed by atoms with Gasteiger partial charge in [-0.25, -0.2) is 0 Å². The fourth-order valence-electron chi connectivity index (χ4n) is 3.85. The summed E-state index contributed by atoms with van der Waals surface area (Å²) in [5, 5.41) is 0. The number of carbonyl (C=O) groups is 2. The first-order valence-corrected chi connectivity index (χ1v) is 8.62. The Bertz CT molecular complexity index is 475. The van der Waals surface area contributed by atoms with Crippen LogP contribution in [0.2, 0.25) is 0 Å². The lowest BCUT2D eigenvalue weighted by Gasteiger charge is -2.37. The number of amides is 2. The second kappa shape index (κ2) is 6.03. The maximum atomic E-state index is 12.6. The summed E-state index contributed by atoms with van der Waals surface area (Å²) in [6, 6.07) is 0. The molecule has 2 amide bonds. The van der Waals surface area contributed by atoms with E-state index in [2.05, 4.69) is 0 Å². The second-order valence-electron chi connectivity index (χ2n) is 6.82. The lowest BCUT2D eigenvalue weighted by molar-refractivity contribution is -0.187. The van der Waals surface area contributed by atoms with Gasteiger partial charge in [0, 0.05) is 39.0 Å². The standard InChI is InChI=1S/C16H24N2O5/c19-14(17-3-1-16(2-4-17)22-9-10-23-16)12-11-13(12)15(20)18-5-7-21-8-6-18/h12-13H,1-11H2. The van der Waals surface area contributed by atoms with Crippen molar-refractivity contribution in [2.24, 2.45) is 11.8 Å². The third-order valence-electron chi connectivity index (χ3n) is 5.40. The predicted molar refractivity (Wildman–Crippen MR) is 79.4 cm³/mol. The van der Waals surface area contributed by atoms with E-state index in [0.29, 0.717) is 59.0 Å². The molecule has 0 radical (unpaired) electrons. The van der Waals surface area contributed by atoms with Gasteiger partial charge in [0.05, 0.1) is 38.3 Å². The van der Waals surface area contributed by atoms with E-state index in [1.165, 1.54) is 0 Å². The van der Waals surface area contributed by atoms with E-state index in [4.69, 9.17) is 14.2 Å². The van der Waals surface area contributed by atoms with Crippen molar-refractivity contribution in [2.45, 2.75) is 25.0 Å². The third kappa shape index (κ3) is 2.97. The van der Waals surface area contributed by atoms with Crippen LogP contribution in [-0.4, -0.2) is 80.0 Å². The number of carbonyl (C=O) groups excluding carboxylic acids is 2. The smallest absolute Gasteiger partial charge is 0.226 e. The molecule has 7 nitrogen and oxygen atoms in total. The Kier molecular flexibility index (Phi) is 4.03. The van der Waals surface area contributed by atoms with Crippen LogP contribution in [0.25, 0.3) is 0 Å². The predicted octanol–water partition coefficient (Wildman–Crippen LogP) is -0.153. The van der Waals surface area contributed by atoms with Gasteiger partial charge in [0.1, 0.15) is 0 Å². The Morgan fingerprint density at radius 1 is 0.783 bits per heavy atom. The quantitative estimate of drug-likeness (QED) is 0.706. The molecule has 1 aliphatic carbocycles. The number of ether oxygens (including phenoxy) is 3. The van der Waals surface area contributed by atoms with E-state index in [0.717, 1.165) is 12.8 Å². The van der Waals surface area contributed by atoms with Crippen molar-refractivity contribution in [3.05, 3.63) is 0 Å². The summed E-state index contributed by atoms with van der Waals surface area (Å²) in [5.74, 6) is -0.434. The molecule has 23 heavy (non-hydrogen) atoms. The van der Waals surface area contributed by atoms with E-state index in [9.17, 15) is 9.59 Å². The molecular weight excluding hydrogens is 300 g/mol. The van der Waals surface area contributed by atoms with Crippen molar-refractivity contribution in [1.82, 2.24) is 9.80 Å². The molecular formula is C16H24N2O5. The highest BCUT2D eigenvalue weighted by atomic mass is 16.7. The van der Waals surface area contributed by atoms with Crippen molar-refractivity contribution in [3.8, 4) is 0 Å². The Morgan fingerprint density at radius 2 is 1.30 bits per heavy atom. The van der Waals surface area contributed by atoms with Gasteiger partial charge in [-0.15, -0.1) is 0 Å². The summed E-state index contributed by atoms with van der Waals surface area (Å²) < 4.78 is 16.7. The molecule has 0 N–H and O–H groups in total. The number of nitrogens with zero attached hydrogens (tertiary/aromatic N) is 2. The van der Waals surface area contributed by atoms with Gasteiger partial charge in [-0.1, -0.05) is 0 Å². The van der Waals surface area contributed by atoms with E-state index in [-0.39, 0.29) is 23.7 Å². The summed E-state index contributed by atoms with van der Waals surface area (Å²) in [6.07, 6.45) is 2.16. The number of piperidine rings is 1. The monoisotopic (exact) mass is 324 g/mol. The number of hydrogen-bond acceptors (Lipinski definition) is 5. The molecule has 0 bridgehead atoms. The number of rotatable bonds is 2. The van der Waals surface area contributed by atoms with Crippen LogP contribution in [0.5, 0.6) is 0 Å². The molecule has 1 spiro atoms. The average molecular weight is 324 g/mol. The average Bonchev–Trinajstić information content (AvgIpc) is 3.29. The highest BCUT2D eigenvalue weighted by molar-refractivity contribution is 5.92. The zero-order valence-electron chi connectivity index (χ0n) is 13.4. The first kappa shape index (κ1) is 15.4. The molecule has 2 atom stereocenters. The fraction of sp³-hybridized carbons (Fsp3) is 0.875. The van der Waals surface area contributed by atoms with Crippen molar-refractivity contribution < 1.29 is 23.8 Å². The number of hydrogen-bond donors (Lipinski definition) is 0. The topological polar surface area (TPSA) is 68.3 Å². The first-order chi connectivity index (χ1) is 11.2. The molecule has 3 heterocycles. The summed E-state index contributed by atoms with van der Waals surface area (Å²) in [6.45, 7) is 5.12. The first-order valence-electron chi connectivity index (χ1n) is 8.62. The summed E-state index contributed by atoms with van der Waals surface area (Å²) >= 11 is 0. The molecule has 2 unspecified atom stereocenters. The lowest BCUT2D eigenvalue weighted by Crippen LogP contribution is -2.48. The molecule has 7 heteroatoms. The normalized spacial score (nSPS) is 33.0. The number of likely N-dealkylation sites (tertiary alicyclic amines) is 1. The van der Waals surface area contributed by atoms with E-state index >= 15 is 0 Å². The molecule has 0 aromatic heterocycles. The van der Waals surface area contributed by atoms with Gasteiger partial charge < -0.3 is 24.0 Å². The molecule has 3 aliphatic heterocycles. The van der Waals surface area contributed by atoms with Crippen LogP contribution in [0.15, 0.2) is 0 Å². The molecule has 128 valence electrons. The highest BCUT2D eigenvalue weighted by Gasteiger charge is 2.52. The third-order valence-corrected chi connectivity index (χ3v) is 5.40. The van der Waals surface area contributed by atoms with Gasteiger partial charge in [-0.05, 0) is 6.42 Å². The number of morpholine rings is 1. The largest absolute Gasteiger partial charge is 0.378 e. The van der Waals surface area contributed by atoms with Gasteiger partial charge in [-0.2, -0.15) is 0 Å². The van der Waals surface area contributed by atoms with Crippen LogP contribution < -0.4 is 0 Å². The molecule has 4 fully saturated rings. The van der Waals surface area contributed by atoms with Crippen LogP contribution in [0.3, 0.4) is 0 Å². The Morgan fingerprint density at radius 3 is 1.87 bits per heavy atom. The SMILES string of the molecule is O=C(C1CC1C(=O)N1CCC2(CC1)OCCO2)N1CCOCC1. The summed E-state index contributed by atoms with van der Waals surface area (Å²) in [7, 11) is 0. The van der Waals surface area contributed by atoms with Crippen LogP contribution in [-0.2, 0) is 23.8 Å². The molecule has 4 rings (SSSR count). The minimum Gasteiger partial charge on any atom is -0.378 e. The zero-order valence-corrected chi connectivity index (χ0v) is 13.4. The summed E-state index contributed by atoms with van der Waals surface area (Å²) in [5.41, 5.74) is 0. The van der Waals surface area contributed by atoms with Gasteiger partial charge >= 0.3 is 0 Å². The second-order valence-corrected chi connectivity index (χ2v) is 6.82. The minimum atomic E-state index is -0.455. The van der Waals surface area contributed by atoms with E-state index in [1.54, 1.807) is 0 Å². The molecule has 4 aliphatic rings. The van der Waals surface area contributed by atoms with E-state index < -0.39 is 5.79 Å². The van der Waals surface area contributed by atoms with E-state index in [1.807, 2.05) is 9.80 Å². The van der Waals surface area contributed by atoms with Gasteiger partial charge in [0.2, 0.25) is 11.8 Å². The van der Waals surface area contributed by atoms with Crippen molar-refractivity contribution in [1.29, 1.82) is 0 Å². The zero-order chi connectivity index (χ0) is 15.9. The Balaban J connectivity index is 1.28. The van der Waals surface area contributed by atoms with Gasteiger partial charge in [-0.3, -0.25) is 9.59 Å². The van der Waals surface area contributed by atoms with Crippen molar-refractivity contribution in [3.63, 3.8) is 0 Å². The van der Waals surface area contributed by atoms with Gasteiger partial charge in [0.15, 0.2) is 5.79 Å². The Hall–Kier alpha value is -1.18. The molecule has 3 saturated heterocycles. The lowest BCUT2D eigenvalue weighted by atomic mass is 10.0. The maximum absolute atomic E-state index is 12.6. The van der Waals surface area contributed by atoms with Crippen LogP contribution >= 0.6 is 0 Å². The summed E-state index contributed by atoms with van der Waals surface area (Å²) in [4.78, 5) is 28.8. The molecule has 0 aromatic rings. The van der Waals surface area contributed by atoms with Crippen molar-refractivity contribution in [2.75, 3.05) is 52.6 Å². The Labute approximate surface area is 135 Å². The fourth-order valence-corrected chi connectivity index (χ4v) is 3.85. The minimum absolute atomic E-state index is 0.115. The highest BCUT2D eigenvalue weighted by Crippen LogP contribution is 2.42. The molecule has 1 saturated carbocycles. The molecule has 0 aromatic carbocycles. The van der Waals surface area contributed by atoms with Crippen LogP contribution in [0.1, 0.15) is 19.3 Å². The maximum Gasteiger partial charge on any atom is 0.226 e. The van der Waals surface area contributed by atoms with Crippen LogP contribution in [0, 0.1) is 11.8 Å². The van der Waals surface area contributed by atoms with Crippen molar-refractivity contribution >= 4 is 11.8 Å². The van der Waals surface area contributed by atoms with Crippen LogP contribution in [0.4, 0.5) is 0 Å².